The van der Waals surface area contributed by atoms with E-state index < -0.39 is 17.7 Å². The number of hydrogen-bond acceptors (Lipinski definition) is 5. The minimum atomic E-state index is -1.70. The van der Waals surface area contributed by atoms with Crippen molar-refractivity contribution >= 4 is 11.6 Å². The normalized spacial score (nSPS) is 28.8. The third kappa shape index (κ3) is 2.11. The maximum Gasteiger partial charge on any atom is 0.389 e. The molecule has 2 heterocycles. The minimum Gasteiger partial charge on any atom is -0.475 e. The van der Waals surface area contributed by atoms with Crippen LogP contribution in [0.4, 0.5) is 0 Å². The van der Waals surface area contributed by atoms with Gasteiger partial charge in [0.1, 0.15) is 11.7 Å². The Labute approximate surface area is 143 Å². The topological polar surface area (TPSA) is 64.8 Å². The Bertz CT molecular complexity index is 797. The van der Waals surface area contributed by atoms with Gasteiger partial charge in [0.25, 0.3) is 0 Å². The molecular formula is C17H15ClN2O4. The first-order valence-electron chi connectivity index (χ1n) is 7.58. The molecule has 0 radical (unpaired) electrons. The summed E-state index contributed by atoms with van der Waals surface area (Å²) in [7, 11) is 1.70. The lowest BCUT2D eigenvalue weighted by Gasteiger charge is -2.37. The zero-order valence-electron chi connectivity index (χ0n) is 12.9. The predicted octanol–water partition coefficient (Wildman–Crippen LogP) is 3.41. The lowest BCUT2D eigenvalue weighted by molar-refractivity contribution is -0.655. The van der Waals surface area contributed by atoms with Crippen molar-refractivity contribution in [3.8, 4) is 5.75 Å². The Morgan fingerprint density at radius 2 is 1.96 bits per heavy atom. The molecule has 0 bridgehead atoms. The number of hydrogen-bond donors (Lipinski definition) is 0. The molecule has 2 aliphatic heterocycles. The highest BCUT2D eigenvalue weighted by Crippen LogP contribution is 2.54. The number of rotatable bonds is 2. The van der Waals surface area contributed by atoms with Crippen LogP contribution in [0.2, 0.25) is 5.02 Å². The number of para-hydroxylation sites is 1. The fourth-order valence-corrected chi connectivity index (χ4v) is 3.70. The number of halogens is 1. The summed E-state index contributed by atoms with van der Waals surface area (Å²) in [6.07, 6.45) is -0.866. The van der Waals surface area contributed by atoms with E-state index in [1.165, 1.54) is 5.06 Å². The predicted molar refractivity (Wildman–Crippen MR) is 87.4 cm³/mol. The molecule has 3 atom stereocenters. The van der Waals surface area contributed by atoms with Crippen LogP contribution in [0, 0.1) is 10.1 Å². The van der Waals surface area contributed by atoms with Crippen LogP contribution >= 0.6 is 11.6 Å². The Morgan fingerprint density at radius 3 is 2.67 bits per heavy atom. The monoisotopic (exact) mass is 346 g/mol. The first-order valence-corrected chi connectivity index (χ1v) is 7.96. The van der Waals surface area contributed by atoms with E-state index in [0.717, 1.165) is 5.56 Å². The van der Waals surface area contributed by atoms with Gasteiger partial charge in [-0.1, -0.05) is 41.9 Å². The standard InChI is InChI=1S/C17H15ClN2O4/c1-19-10-14-13-4-2-3-5-15(13)23-16(17(14,24-19)20(21)22)11-6-8-12(18)9-7-11/h2-9,14,16H,10H2,1H3/t14-,16-,17+/m1/s1. The number of likely N-dealkylation sites (N-methyl/N-ethyl adjacent to an activating group) is 1. The largest absolute Gasteiger partial charge is 0.475 e. The lowest BCUT2D eigenvalue weighted by atomic mass is 9.80. The maximum absolute atomic E-state index is 12.1. The minimum absolute atomic E-state index is 0.365. The van der Waals surface area contributed by atoms with E-state index in [9.17, 15) is 10.1 Å². The maximum atomic E-state index is 12.1. The number of benzene rings is 2. The van der Waals surface area contributed by atoms with Gasteiger partial charge in [0.15, 0.2) is 0 Å². The van der Waals surface area contributed by atoms with Crippen molar-refractivity contribution in [2.45, 2.75) is 17.7 Å². The lowest BCUT2D eigenvalue weighted by Crippen LogP contribution is -2.53. The Kier molecular flexibility index (Phi) is 3.49. The molecule has 2 aromatic carbocycles. The van der Waals surface area contributed by atoms with Crippen molar-refractivity contribution in [3.63, 3.8) is 0 Å². The van der Waals surface area contributed by atoms with Crippen LogP contribution in [0.25, 0.3) is 0 Å². The van der Waals surface area contributed by atoms with Crippen molar-refractivity contribution in [1.29, 1.82) is 0 Å². The number of hydroxylamine groups is 2. The van der Waals surface area contributed by atoms with Crippen molar-refractivity contribution in [3.05, 3.63) is 74.8 Å². The van der Waals surface area contributed by atoms with Gasteiger partial charge in [-0.3, -0.25) is 10.1 Å². The smallest absolute Gasteiger partial charge is 0.389 e. The molecule has 1 fully saturated rings. The summed E-state index contributed by atoms with van der Waals surface area (Å²) in [5.74, 6) is 0.224. The Balaban J connectivity index is 1.92. The first-order chi connectivity index (χ1) is 11.5. The molecule has 2 aromatic rings. The fourth-order valence-electron chi connectivity index (χ4n) is 3.58. The van der Waals surface area contributed by atoms with Gasteiger partial charge in [-0.15, -0.1) is 0 Å². The van der Waals surface area contributed by atoms with Crippen LogP contribution in [-0.4, -0.2) is 29.3 Å². The van der Waals surface area contributed by atoms with E-state index in [4.69, 9.17) is 21.2 Å². The number of fused-ring (bicyclic) bond motifs is 3. The first kappa shape index (κ1) is 15.4. The highest BCUT2D eigenvalue weighted by atomic mass is 35.5. The summed E-state index contributed by atoms with van der Waals surface area (Å²) in [5, 5.41) is 14.2. The van der Waals surface area contributed by atoms with Crippen molar-refractivity contribution in [2.75, 3.05) is 13.6 Å². The Hall–Kier alpha value is -2.15. The summed E-state index contributed by atoms with van der Waals surface area (Å²) in [4.78, 5) is 17.5. The van der Waals surface area contributed by atoms with Gasteiger partial charge in [0.05, 0.1) is 4.92 Å². The zero-order chi connectivity index (χ0) is 16.9. The second-order valence-corrected chi connectivity index (χ2v) is 6.49. The van der Waals surface area contributed by atoms with E-state index in [0.29, 0.717) is 22.9 Å². The van der Waals surface area contributed by atoms with Crippen molar-refractivity contribution in [1.82, 2.24) is 5.06 Å². The van der Waals surface area contributed by atoms with Crippen LogP contribution in [0.3, 0.4) is 0 Å². The fraction of sp³-hybridized carbons (Fsp3) is 0.294. The third-order valence-corrected chi connectivity index (χ3v) is 4.87. The zero-order valence-corrected chi connectivity index (χ0v) is 13.6. The average molecular weight is 347 g/mol. The van der Waals surface area contributed by atoms with Crippen LogP contribution in [-0.2, 0) is 4.84 Å². The molecule has 0 aliphatic carbocycles. The highest BCUT2D eigenvalue weighted by Gasteiger charge is 2.68. The summed E-state index contributed by atoms with van der Waals surface area (Å²) in [6.45, 7) is 0.422. The SMILES string of the molecule is CN1C[C@@H]2c3ccccc3O[C@H](c3ccc(Cl)cc3)[C@@]2([N+](=O)[O-])O1. The van der Waals surface area contributed by atoms with E-state index >= 15 is 0 Å². The summed E-state index contributed by atoms with van der Waals surface area (Å²) < 4.78 is 6.05. The molecule has 1 saturated heterocycles. The van der Waals surface area contributed by atoms with Gasteiger partial charge < -0.3 is 4.74 Å². The van der Waals surface area contributed by atoms with E-state index in [1.54, 1.807) is 31.3 Å². The third-order valence-electron chi connectivity index (χ3n) is 4.61. The van der Waals surface area contributed by atoms with Crippen LogP contribution in [0.1, 0.15) is 23.1 Å². The molecular weight excluding hydrogens is 332 g/mol. The van der Waals surface area contributed by atoms with Gasteiger partial charge in [0, 0.05) is 29.7 Å². The van der Waals surface area contributed by atoms with Gasteiger partial charge in [-0.25, -0.2) is 4.84 Å². The molecule has 0 spiro atoms. The molecule has 2 aliphatic rings. The molecule has 124 valence electrons. The van der Waals surface area contributed by atoms with Crippen LogP contribution in [0.5, 0.6) is 5.75 Å². The molecule has 4 rings (SSSR count). The molecule has 0 unspecified atom stereocenters. The molecule has 0 amide bonds. The van der Waals surface area contributed by atoms with Crippen LogP contribution in [0.15, 0.2) is 48.5 Å². The van der Waals surface area contributed by atoms with Crippen molar-refractivity contribution in [2.24, 2.45) is 0 Å². The molecule has 6 nitrogen and oxygen atoms in total. The summed E-state index contributed by atoms with van der Waals surface area (Å²) in [5.41, 5.74) is -0.244. The van der Waals surface area contributed by atoms with Gasteiger partial charge >= 0.3 is 5.72 Å². The number of nitro groups is 1. The van der Waals surface area contributed by atoms with Crippen LogP contribution < -0.4 is 4.74 Å². The Morgan fingerprint density at radius 1 is 1.25 bits per heavy atom. The average Bonchev–Trinajstić information content (AvgIpc) is 2.93. The van der Waals surface area contributed by atoms with Gasteiger partial charge in [0.2, 0.25) is 6.10 Å². The van der Waals surface area contributed by atoms with E-state index in [2.05, 4.69) is 0 Å². The summed E-state index contributed by atoms with van der Waals surface area (Å²) in [6, 6.07) is 14.3. The highest BCUT2D eigenvalue weighted by molar-refractivity contribution is 6.30. The molecule has 7 heteroatoms. The van der Waals surface area contributed by atoms with Crippen molar-refractivity contribution < 1.29 is 14.5 Å². The van der Waals surface area contributed by atoms with Gasteiger partial charge in [-0.2, -0.15) is 5.06 Å². The molecule has 0 N–H and O–H groups in total. The summed E-state index contributed by atoms with van der Waals surface area (Å²) >= 11 is 5.95. The second kappa shape index (κ2) is 5.44. The number of nitrogens with zero attached hydrogens (tertiary/aromatic N) is 2. The quantitative estimate of drug-likeness (QED) is 0.616. The molecule has 24 heavy (non-hydrogen) atoms. The molecule has 0 saturated carbocycles. The number of ether oxygens (including phenoxy) is 1. The second-order valence-electron chi connectivity index (χ2n) is 6.05. The molecule has 0 aromatic heterocycles. The van der Waals surface area contributed by atoms with Gasteiger partial charge in [-0.05, 0) is 18.2 Å². The van der Waals surface area contributed by atoms with E-state index in [-0.39, 0.29) is 4.92 Å². The van der Waals surface area contributed by atoms with E-state index in [1.807, 2.05) is 24.3 Å².